The molecule has 1 amide bonds. The Bertz CT molecular complexity index is 1040. The number of rotatable bonds is 5. The topological polar surface area (TPSA) is 88.2 Å². The molecule has 9 heteroatoms. The number of carbonyl (C=O) groups excluding carboxylic acids is 1. The quantitative estimate of drug-likeness (QED) is 0.655. The lowest BCUT2D eigenvalue weighted by Crippen LogP contribution is -2.09. The lowest BCUT2D eigenvalue weighted by atomic mass is 10.0. The third-order valence-electron chi connectivity index (χ3n) is 4.11. The number of nitrogens with zero attached hydrogens (tertiary/aromatic N) is 1. The molecule has 0 fully saturated rings. The van der Waals surface area contributed by atoms with Gasteiger partial charge in [-0.1, -0.05) is 41.4 Å². The molecular weight excluding hydrogens is 393 g/mol. The number of benzene rings is 2. The van der Waals surface area contributed by atoms with Crippen LogP contribution in [0.25, 0.3) is 16.9 Å². The fourth-order valence-corrected chi connectivity index (χ4v) is 3.33. The molecular formula is C19H14F3N2O3S-. The van der Waals surface area contributed by atoms with Crippen molar-refractivity contribution in [2.75, 3.05) is 0 Å². The number of aromatic nitrogens is 1. The summed E-state index contributed by atoms with van der Waals surface area (Å²) in [4.78, 5) is 11.6. The Morgan fingerprint density at radius 1 is 1.11 bits per heavy atom. The molecule has 1 unspecified atom stereocenters. The van der Waals surface area contributed by atoms with Crippen molar-refractivity contribution in [2.45, 2.75) is 11.9 Å². The number of carbonyl (C=O) groups is 1. The molecule has 3 aromatic rings. The van der Waals surface area contributed by atoms with Crippen LogP contribution >= 0.6 is 0 Å². The fraction of sp³-hybridized carbons (Fsp3) is 0.105. The first kappa shape index (κ1) is 19.8. The van der Waals surface area contributed by atoms with Crippen molar-refractivity contribution < 1.29 is 26.7 Å². The maximum absolute atomic E-state index is 13.4. The maximum Gasteiger partial charge on any atom is 0.417 e. The van der Waals surface area contributed by atoms with Crippen LogP contribution in [-0.4, -0.2) is 19.2 Å². The highest BCUT2D eigenvalue weighted by Gasteiger charge is 2.34. The van der Waals surface area contributed by atoms with E-state index in [4.69, 9.17) is 5.73 Å². The zero-order chi connectivity index (χ0) is 20.5. The van der Waals surface area contributed by atoms with E-state index in [0.29, 0.717) is 11.3 Å². The van der Waals surface area contributed by atoms with Crippen molar-refractivity contribution in [3.8, 4) is 16.9 Å². The van der Waals surface area contributed by atoms with Gasteiger partial charge in [-0.3, -0.25) is 9.00 Å². The molecule has 1 heterocycles. The van der Waals surface area contributed by atoms with Crippen molar-refractivity contribution >= 4 is 17.0 Å². The van der Waals surface area contributed by atoms with Crippen LogP contribution in [-0.2, 0) is 23.0 Å². The zero-order valence-corrected chi connectivity index (χ0v) is 15.1. The molecule has 2 aromatic carbocycles. The van der Waals surface area contributed by atoms with Crippen LogP contribution in [0.3, 0.4) is 0 Å². The minimum absolute atomic E-state index is 0.0525. The first-order chi connectivity index (χ1) is 13.2. The normalized spacial score (nSPS) is 12.7. The van der Waals surface area contributed by atoms with Gasteiger partial charge in [0.05, 0.1) is 16.8 Å². The first-order valence-corrected chi connectivity index (χ1v) is 9.25. The van der Waals surface area contributed by atoms with Crippen molar-refractivity contribution in [3.05, 3.63) is 77.5 Å². The molecule has 0 aliphatic heterocycles. The number of halogens is 3. The molecule has 0 radical (unpaired) electrons. The fourth-order valence-electron chi connectivity index (χ4n) is 2.86. The summed E-state index contributed by atoms with van der Waals surface area (Å²) in [7, 11) is 0. The summed E-state index contributed by atoms with van der Waals surface area (Å²) in [5, 5.41) is 0. The highest BCUT2D eigenvalue weighted by atomic mass is 32.2. The third-order valence-corrected chi connectivity index (χ3v) is 4.68. The highest BCUT2D eigenvalue weighted by Crippen LogP contribution is 2.38. The molecule has 28 heavy (non-hydrogen) atoms. The third kappa shape index (κ3) is 4.15. The van der Waals surface area contributed by atoms with E-state index in [1.165, 1.54) is 35.0 Å². The van der Waals surface area contributed by atoms with E-state index in [2.05, 4.69) is 0 Å². The van der Waals surface area contributed by atoms with Gasteiger partial charge in [0.1, 0.15) is 0 Å². The lowest BCUT2D eigenvalue weighted by Gasteiger charge is -2.15. The monoisotopic (exact) mass is 407 g/mol. The Morgan fingerprint density at radius 2 is 1.75 bits per heavy atom. The Labute approximate surface area is 160 Å². The van der Waals surface area contributed by atoms with E-state index >= 15 is 0 Å². The molecule has 5 nitrogen and oxygen atoms in total. The van der Waals surface area contributed by atoms with E-state index in [1.807, 2.05) is 0 Å². The highest BCUT2D eigenvalue weighted by molar-refractivity contribution is 7.78. The molecule has 0 saturated carbocycles. The standard InChI is InChI=1S/C19H15F3N2O3S/c20-19(21,22)16-4-2-1-3-15(16)17-9-13(18(23)25)10-24(17)14-7-5-12(6-8-14)11-28(26)27/h1-10H,11H2,(H2,23,25)(H,26,27)/p-1. The number of primary amides is 1. The van der Waals surface area contributed by atoms with Crippen molar-refractivity contribution in [2.24, 2.45) is 5.73 Å². The Morgan fingerprint density at radius 3 is 2.32 bits per heavy atom. The van der Waals surface area contributed by atoms with Crippen molar-refractivity contribution in [1.82, 2.24) is 4.57 Å². The molecule has 0 aliphatic rings. The first-order valence-electron chi connectivity index (χ1n) is 8.01. The van der Waals surface area contributed by atoms with Crippen LogP contribution in [0.5, 0.6) is 0 Å². The minimum atomic E-state index is -4.58. The summed E-state index contributed by atoms with van der Waals surface area (Å²) in [5.74, 6) is -0.953. The number of alkyl halides is 3. The van der Waals surface area contributed by atoms with E-state index in [9.17, 15) is 26.7 Å². The number of hydrogen-bond acceptors (Lipinski definition) is 3. The van der Waals surface area contributed by atoms with Crippen LogP contribution in [0.4, 0.5) is 13.2 Å². The predicted octanol–water partition coefficient (Wildman–Crippen LogP) is 3.64. The summed E-state index contributed by atoms with van der Waals surface area (Å²) >= 11 is -2.26. The van der Waals surface area contributed by atoms with E-state index in [0.717, 1.165) is 6.07 Å². The van der Waals surface area contributed by atoms with Crippen molar-refractivity contribution in [1.29, 1.82) is 0 Å². The molecule has 0 aliphatic carbocycles. The van der Waals surface area contributed by atoms with Gasteiger partial charge in [-0.15, -0.1) is 0 Å². The SMILES string of the molecule is NC(=O)c1cc(-c2ccccc2C(F)(F)F)n(-c2ccc(CS(=O)[O-])cc2)c1. The molecule has 146 valence electrons. The Kier molecular flexibility index (Phi) is 5.39. The second-order valence-electron chi connectivity index (χ2n) is 6.01. The molecule has 0 spiro atoms. The summed E-state index contributed by atoms with van der Waals surface area (Å²) < 4.78 is 63.4. The average Bonchev–Trinajstić information content (AvgIpc) is 3.07. The van der Waals surface area contributed by atoms with Gasteiger partial charge in [0.25, 0.3) is 0 Å². The predicted molar refractivity (Wildman–Crippen MR) is 97.3 cm³/mol. The molecule has 1 aromatic heterocycles. The van der Waals surface area contributed by atoms with Crippen LogP contribution in [0, 0.1) is 0 Å². The number of hydrogen-bond donors (Lipinski definition) is 1. The minimum Gasteiger partial charge on any atom is -0.772 e. The second-order valence-corrected chi connectivity index (χ2v) is 6.90. The Balaban J connectivity index is 2.17. The van der Waals surface area contributed by atoms with Gasteiger partial charge >= 0.3 is 6.18 Å². The molecule has 0 saturated heterocycles. The maximum atomic E-state index is 13.4. The molecule has 2 N–H and O–H groups in total. The van der Waals surface area contributed by atoms with Crippen LogP contribution in [0.15, 0.2) is 60.8 Å². The van der Waals surface area contributed by atoms with Gasteiger partial charge < -0.3 is 14.9 Å². The summed E-state index contributed by atoms with van der Waals surface area (Å²) in [6, 6.07) is 12.6. The van der Waals surface area contributed by atoms with Gasteiger partial charge in [-0.05, 0) is 29.8 Å². The zero-order valence-electron chi connectivity index (χ0n) is 14.3. The summed E-state index contributed by atoms with van der Waals surface area (Å²) in [6.07, 6.45) is -3.23. The van der Waals surface area contributed by atoms with Gasteiger partial charge in [0.15, 0.2) is 0 Å². The number of nitrogens with two attached hydrogens (primary N) is 1. The molecule has 3 rings (SSSR count). The smallest absolute Gasteiger partial charge is 0.417 e. The van der Waals surface area contributed by atoms with Gasteiger partial charge in [0.2, 0.25) is 5.91 Å². The largest absolute Gasteiger partial charge is 0.772 e. The van der Waals surface area contributed by atoms with Gasteiger partial charge in [-0.2, -0.15) is 13.2 Å². The van der Waals surface area contributed by atoms with Crippen LogP contribution in [0.1, 0.15) is 21.5 Å². The van der Waals surface area contributed by atoms with Gasteiger partial charge in [0, 0.05) is 23.2 Å². The number of amides is 1. The summed E-state index contributed by atoms with van der Waals surface area (Å²) in [6.45, 7) is 0. The van der Waals surface area contributed by atoms with Crippen LogP contribution < -0.4 is 5.73 Å². The van der Waals surface area contributed by atoms with Crippen molar-refractivity contribution in [3.63, 3.8) is 0 Å². The summed E-state index contributed by atoms with van der Waals surface area (Å²) in [5.41, 5.74) is 5.54. The Hall–Kier alpha value is -2.91. The van der Waals surface area contributed by atoms with E-state index in [1.54, 1.807) is 24.3 Å². The van der Waals surface area contributed by atoms with Gasteiger partial charge in [-0.25, -0.2) is 0 Å². The van der Waals surface area contributed by atoms with E-state index < -0.39 is 28.7 Å². The van der Waals surface area contributed by atoms with Crippen LogP contribution in [0.2, 0.25) is 0 Å². The molecule has 1 atom stereocenters. The molecule has 0 bridgehead atoms. The van der Waals surface area contributed by atoms with E-state index in [-0.39, 0.29) is 22.6 Å². The lowest BCUT2D eigenvalue weighted by molar-refractivity contribution is -0.137. The average molecular weight is 407 g/mol. The second kappa shape index (κ2) is 7.61.